The second-order valence-corrected chi connectivity index (χ2v) is 9.50. The standard InChI is InChI=1S/C16H17FN4OS.C6H5F3N2O2/c17-10-3-1-2-8(4-10)14-13(20-16(19)23-14)15(22)21-11(7-18)5-9-6-12(9)21;1-11-4(6(7,8)9)3(2-10-11)5(12)13/h1-4,9,11-12H,5-7,18H2,(H2,19,20);2H,1H3,(H,12,13)/t9-,11+,12+;/m1./s1. The fraction of sp³-hybridized carbons (Fsp3) is 0.364. The summed E-state index contributed by atoms with van der Waals surface area (Å²) in [4.78, 5) is 30.0. The molecule has 9 nitrogen and oxygen atoms in total. The van der Waals surface area contributed by atoms with Gasteiger partial charge >= 0.3 is 12.1 Å². The number of rotatable bonds is 4. The van der Waals surface area contributed by atoms with Gasteiger partial charge in [0.15, 0.2) is 10.8 Å². The number of piperidine rings is 1. The summed E-state index contributed by atoms with van der Waals surface area (Å²) in [6.07, 6.45) is -2.02. The van der Waals surface area contributed by atoms with E-state index in [-0.39, 0.29) is 23.8 Å². The average Bonchev–Trinajstić information content (AvgIpc) is 3.12. The number of fused-ring (bicyclic) bond motifs is 1. The van der Waals surface area contributed by atoms with Crippen LogP contribution >= 0.6 is 11.3 Å². The molecular weight excluding hydrogens is 504 g/mol. The highest BCUT2D eigenvalue weighted by Gasteiger charge is 2.54. The number of nitrogen functional groups attached to an aromatic ring is 1. The average molecular weight is 527 g/mol. The molecule has 5 rings (SSSR count). The zero-order valence-corrected chi connectivity index (χ0v) is 19.7. The molecule has 0 unspecified atom stereocenters. The van der Waals surface area contributed by atoms with Gasteiger partial charge in [0.2, 0.25) is 0 Å². The van der Waals surface area contributed by atoms with Crippen LogP contribution in [-0.2, 0) is 13.2 Å². The summed E-state index contributed by atoms with van der Waals surface area (Å²) in [6, 6.07) is 6.48. The van der Waals surface area contributed by atoms with Gasteiger partial charge in [-0.3, -0.25) is 9.48 Å². The Kier molecular flexibility index (Phi) is 6.75. The summed E-state index contributed by atoms with van der Waals surface area (Å²) in [5.74, 6) is -1.56. The van der Waals surface area contributed by atoms with Crippen LogP contribution in [0.3, 0.4) is 0 Å². The molecule has 2 aliphatic rings. The molecule has 5 N–H and O–H groups in total. The molecule has 0 spiro atoms. The quantitative estimate of drug-likeness (QED) is 0.444. The Hall–Kier alpha value is -3.52. The number of carboxylic acid groups (broad SMARTS) is 1. The van der Waals surface area contributed by atoms with E-state index in [0.29, 0.717) is 44.6 Å². The summed E-state index contributed by atoms with van der Waals surface area (Å²) in [6.45, 7) is 0.452. The molecule has 0 radical (unpaired) electrons. The Balaban J connectivity index is 0.000000200. The van der Waals surface area contributed by atoms with E-state index in [0.717, 1.165) is 19.9 Å². The van der Waals surface area contributed by atoms with Crippen LogP contribution in [0.1, 0.15) is 39.4 Å². The van der Waals surface area contributed by atoms with E-state index < -0.39 is 23.4 Å². The molecule has 2 aromatic heterocycles. The van der Waals surface area contributed by atoms with Crippen molar-refractivity contribution in [3.8, 4) is 10.4 Å². The number of nitrogens with two attached hydrogens (primary N) is 2. The van der Waals surface area contributed by atoms with Crippen LogP contribution < -0.4 is 11.5 Å². The topological polar surface area (TPSA) is 140 Å². The molecule has 1 saturated carbocycles. The van der Waals surface area contributed by atoms with Crippen molar-refractivity contribution >= 4 is 28.3 Å². The van der Waals surface area contributed by atoms with Crippen molar-refractivity contribution in [2.75, 3.05) is 12.3 Å². The number of hydrogen-bond acceptors (Lipinski definition) is 7. The molecule has 1 aromatic carbocycles. The number of anilines is 1. The minimum atomic E-state index is -4.70. The Morgan fingerprint density at radius 1 is 1.28 bits per heavy atom. The van der Waals surface area contributed by atoms with E-state index in [4.69, 9.17) is 16.6 Å². The molecule has 1 saturated heterocycles. The van der Waals surface area contributed by atoms with Gasteiger partial charge in [0.05, 0.1) is 11.1 Å². The molecule has 1 aliphatic carbocycles. The molecule has 3 atom stereocenters. The molecular formula is C22H22F4N6O3S. The fourth-order valence-electron chi connectivity index (χ4n) is 4.45. The van der Waals surface area contributed by atoms with E-state index in [9.17, 15) is 27.2 Å². The first kappa shape index (κ1) is 25.6. The number of nitrogens with zero attached hydrogens (tertiary/aromatic N) is 4. The maximum atomic E-state index is 13.5. The maximum Gasteiger partial charge on any atom is 0.433 e. The minimum absolute atomic E-state index is 0.0644. The largest absolute Gasteiger partial charge is 0.478 e. The summed E-state index contributed by atoms with van der Waals surface area (Å²) in [7, 11) is 1.04. The summed E-state index contributed by atoms with van der Waals surface area (Å²) >= 11 is 1.21. The van der Waals surface area contributed by atoms with Crippen molar-refractivity contribution < 1.29 is 32.3 Å². The van der Waals surface area contributed by atoms with Crippen LogP contribution in [0.15, 0.2) is 30.5 Å². The number of carbonyl (C=O) groups is 2. The molecule has 3 heterocycles. The smallest absolute Gasteiger partial charge is 0.433 e. The molecule has 36 heavy (non-hydrogen) atoms. The molecule has 192 valence electrons. The first-order valence-electron chi connectivity index (χ1n) is 10.8. The van der Waals surface area contributed by atoms with Gasteiger partial charge in [0.1, 0.15) is 17.1 Å². The highest BCUT2D eigenvalue weighted by molar-refractivity contribution is 7.19. The highest BCUT2D eigenvalue weighted by Crippen LogP contribution is 2.48. The number of aryl methyl sites for hydroxylation is 1. The van der Waals surface area contributed by atoms with Gasteiger partial charge in [-0.1, -0.05) is 23.5 Å². The van der Waals surface area contributed by atoms with Gasteiger partial charge in [-0.25, -0.2) is 14.2 Å². The predicted octanol–water partition coefficient (Wildman–Crippen LogP) is 3.23. The van der Waals surface area contributed by atoms with Crippen molar-refractivity contribution in [1.82, 2.24) is 19.7 Å². The van der Waals surface area contributed by atoms with E-state index in [1.165, 1.54) is 23.5 Å². The first-order valence-corrected chi connectivity index (χ1v) is 11.6. The number of carbonyl (C=O) groups excluding carboxylic acids is 1. The van der Waals surface area contributed by atoms with E-state index in [2.05, 4.69) is 10.1 Å². The number of benzene rings is 1. The molecule has 0 bridgehead atoms. The van der Waals surface area contributed by atoms with Crippen molar-refractivity contribution in [2.45, 2.75) is 31.1 Å². The SMILES string of the molecule is Cn1ncc(C(=O)O)c1C(F)(F)F.NC[C@@H]1C[C@@H]2C[C@@H]2N1C(=O)c1nc(N)sc1-c1cccc(F)c1. The summed E-state index contributed by atoms with van der Waals surface area (Å²) in [5, 5.41) is 11.9. The van der Waals surface area contributed by atoms with Crippen LogP contribution in [0.25, 0.3) is 10.4 Å². The molecule has 3 aromatic rings. The van der Waals surface area contributed by atoms with Crippen LogP contribution in [0.5, 0.6) is 0 Å². The van der Waals surface area contributed by atoms with E-state index in [1.54, 1.807) is 12.1 Å². The highest BCUT2D eigenvalue weighted by atomic mass is 32.1. The van der Waals surface area contributed by atoms with Crippen molar-refractivity contribution in [3.63, 3.8) is 0 Å². The normalized spacial score (nSPS) is 20.5. The van der Waals surface area contributed by atoms with Crippen molar-refractivity contribution in [3.05, 3.63) is 53.2 Å². The minimum Gasteiger partial charge on any atom is -0.478 e. The second-order valence-electron chi connectivity index (χ2n) is 8.47. The number of likely N-dealkylation sites (tertiary alicyclic amines) is 1. The third-order valence-electron chi connectivity index (χ3n) is 6.09. The van der Waals surface area contributed by atoms with Gasteiger partial charge in [-0.05, 0) is 36.5 Å². The lowest BCUT2D eigenvalue weighted by Gasteiger charge is -2.26. The fourth-order valence-corrected chi connectivity index (χ4v) is 5.27. The lowest BCUT2D eigenvalue weighted by molar-refractivity contribution is -0.144. The molecule has 1 amide bonds. The van der Waals surface area contributed by atoms with E-state index >= 15 is 0 Å². The number of thiazole rings is 1. The number of carboxylic acids is 1. The summed E-state index contributed by atoms with van der Waals surface area (Å²) in [5.41, 5.74) is 10.5. The number of aromatic nitrogens is 3. The zero-order chi connectivity index (χ0) is 26.4. The lowest BCUT2D eigenvalue weighted by atomic mass is 10.1. The Labute approximate surface area is 206 Å². The Morgan fingerprint density at radius 2 is 2.00 bits per heavy atom. The van der Waals surface area contributed by atoms with Crippen LogP contribution in [0.2, 0.25) is 0 Å². The van der Waals surface area contributed by atoms with Crippen molar-refractivity contribution in [2.24, 2.45) is 18.7 Å². The zero-order valence-electron chi connectivity index (χ0n) is 18.9. The second kappa shape index (κ2) is 9.50. The summed E-state index contributed by atoms with van der Waals surface area (Å²) < 4.78 is 50.5. The number of hydrogen-bond donors (Lipinski definition) is 3. The number of aromatic carboxylic acids is 1. The molecule has 14 heteroatoms. The van der Waals surface area contributed by atoms with Crippen molar-refractivity contribution in [1.29, 1.82) is 0 Å². The third kappa shape index (κ3) is 4.91. The maximum absolute atomic E-state index is 13.5. The molecule has 1 aliphatic heterocycles. The van der Waals surface area contributed by atoms with Crippen LogP contribution in [0, 0.1) is 11.7 Å². The van der Waals surface area contributed by atoms with Gasteiger partial charge in [0.25, 0.3) is 5.91 Å². The first-order chi connectivity index (χ1) is 16.9. The number of amides is 1. The monoisotopic (exact) mass is 526 g/mol. The van der Waals surface area contributed by atoms with Crippen LogP contribution in [0.4, 0.5) is 22.7 Å². The Morgan fingerprint density at radius 3 is 2.58 bits per heavy atom. The molecule has 2 fully saturated rings. The van der Waals surface area contributed by atoms with Gasteiger partial charge < -0.3 is 21.5 Å². The van der Waals surface area contributed by atoms with Gasteiger partial charge in [-0.15, -0.1) is 0 Å². The Bertz CT molecular complexity index is 1310. The third-order valence-corrected chi connectivity index (χ3v) is 7.02. The number of halogens is 4. The van der Waals surface area contributed by atoms with Gasteiger partial charge in [0, 0.05) is 25.7 Å². The van der Waals surface area contributed by atoms with Crippen LogP contribution in [-0.4, -0.2) is 55.3 Å². The predicted molar refractivity (Wildman–Crippen MR) is 123 cm³/mol. The number of alkyl halides is 3. The van der Waals surface area contributed by atoms with E-state index in [1.807, 2.05) is 4.90 Å². The van der Waals surface area contributed by atoms with Gasteiger partial charge in [-0.2, -0.15) is 18.3 Å². The lowest BCUT2D eigenvalue weighted by Crippen LogP contribution is -2.42.